The van der Waals surface area contributed by atoms with Crippen LogP contribution in [0.5, 0.6) is 0 Å². The Hall–Kier alpha value is -14.0. The number of fused-ring (bicyclic) bond motifs is 21. The highest BCUT2D eigenvalue weighted by atomic mass is 14.5. The lowest BCUT2D eigenvalue weighted by molar-refractivity contribution is 0.651. The van der Waals surface area contributed by atoms with Gasteiger partial charge in [0.25, 0.3) is 0 Å². The molecule has 0 unspecified atom stereocenters. The van der Waals surface area contributed by atoms with Gasteiger partial charge in [-0.3, -0.25) is 0 Å². The Balaban J connectivity index is 0.000000105. The molecule has 18 aromatic carbocycles. The van der Waals surface area contributed by atoms with Gasteiger partial charge < -0.3 is 0 Å². The maximum atomic E-state index is 2.38. The van der Waals surface area contributed by atoms with Crippen LogP contribution in [0.25, 0.3) is 77.9 Å². The summed E-state index contributed by atoms with van der Waals surface area (Å²) in [6.45, 7) is 54.3. The third-order valence-corrected chi connectivity index (χ3v) is 32.3. The molecule has 0 aromatic heterocycles. The summed E-state index contributed by atoms with van der Waals surface area (Å²) in [4.78, 5) is 0. The highest BCUT2D eigenvalue weighted by molar-refractivity contribution is 5.93. The predicted molar refractivity (Wildman–Crippen MR) is 594 cm³/mol. The van der Waals surface area contributed by atoms with E-state index >= 15 is 0 Å². The Morgan fingerprint density at radius 2 is 0.367 bits per heavy atom. The molecule has 0 fully saturated rings. The van der Waals surface area contributed by atoms with Crippen molar-refractivity contribution in [2.24, 2.45) is 0 Å². The van der Waals surface area contributed by atoms with Gasteiger partial charge in [0.2, 0.25) is 0 Å². The normalized spacial score (nSPS) is 14.9. The van der Waals surface area contributed by atoms with E-state index in [1.54, 1.807) is 0 Å². The van der Waals surface area contributed by atoms with E-state index in [4.69, 9.17) is 0 Å². The summed E-state index contributed by atoms with van der Waals surface area (Å²) in [5.41, 5.74) is 64.9. The summed E-state index contributed by atoms with van der Waals surface area (Å²) in [5, 5.41) is 0. The molecule has 0 heterocycles. The van der Waals surface area contributed by atoms with E-state index < -0.39 is 0 Å². The van der Waals surface area contributed by atoms with Gasteiger partial charge in [-0.25, -0.2) is 0 Å². The van der Waals surface area contributed by atoms with Crippen LogP contribution < -0.4 is 0 Å². The molecule has 690 valence electrons. The Morgan fingerprint density at radius 3 is 0.784 bits per heavy atom. The second kappa shape index (κ2) is 36.1. The minimum atomic E-state index is -0.273. The highest BCUT2D eigenvalue weighted by Gasteiger charge is 2.50. The fraction of sp³-hybridized carbons (Fsp3) is 0.223. The standard InChI is InChI=1S/2C27H22.5C17H18/c1-19-16-17-23-25(18-19)27(21-11-5-3-6-12-21,22-13-7-4-8-14-22)24-15-9-10-20(2)26(23)24;1-19-13-15-23-24-16-14-20(2)18-26(24)27(25(23)17-19,21-9-5-3-6-10-21)22-11-7-4-8-12-22;1-11-7-6-10-14-15(11)13-9-5-8-12(2)16(13)17(14,3)4;1-11-7-5-9-13-15(11)16-12(2)8-6-10-14(16)17(13,3)4;1-11-7-5-9-13-14-10-6-8-12(2)16(14)17(3,4)15(11)13;1-11-8-9-13-15(10-11)17(3,4)14-7-5-6-12(2)16(13)14;1-11-9-10-12(2)16-15(11)13-7-5-6-8-14(13)17(16,3)4/h2*3-18H,1-2H3;5*5-10H,1-4H3. The van der Waals surface area contributed by atoms with Crippen molar-refractivity contribution in [3.8, 4) is 77.9 Å². The second-order valence-corrected chi connectivity index (χ2v) is 43.3. The molecule has 0 radical (unpaired) electrons. The number of hydrogen-bond acceptors (Lipinski definition) is 0. The molecule has 0 amide bonds. The fourth-order valence-corrected chi connectivity index (χ4v) is 26.1. The van der Waals surface area contributed by atoms with E-state index in [0.29, 0.717) is 0 Å². The minimum absolute atomic E-state index is 0.140. The van der Waals surface area contributed by atoms with Crippen molar-refractivity contribution >= 4 is 0 Å². The molecule has 0 N–H and O–H groups in total. The predicted octanol–water partition coefficient (Wildman–Crippen LogP) is 36.4. The van der Waals surface area contributed by atoms with Crippen molar-refractivity contribution in [3.63, 3.8) is 0 Å². The average molecular weight is 1800 g/mol. The molecular weight excluding hydrogens is 1670 g/mol. The number of benzene rings is 18. The van der Waals surface area contributed by atoms with Gasteiger partial charge in [0.15, 0.2) is 0 Å². The molecule has 0 saturated carbocycles. The number of aryl methyl sites for hydroxylation is 14. The maximum absolute atomic E-state index is 2.38. The summed E-state index contributed by atoms with van der Waals surface area (Å²) < 4.78 is 0. The van der Waals surface area contributed by atoms with Gasteiger partial charge in [0.1, 0.15) is 0 Å². The average Bonchev–Trinajstić information content (AvgIpc) is 1.51. The molecule has 0 heteroatoms. The van der Waals surface area contributed by atoms with E-state index in [0.717, 1.165) is 0 Å². The zero-order chi connectivity index (χ0) is 97.9. The van der Waals surface area contributed by atoms with E-state index in [1.165, 1.54) is 256 Å². The van der Waals surface area contributed by atoms with Crippen LogP contribution in [0.2, 0.25) is 0 Å². The molecule has 7 aliphatic carbocycles. The Kier molecular flexibility index (Phi) is 24.4. The van der Waals surface area contributed by atoms with Crippen molar-refractivity contribution < 1.29 is 0 Å². The maximum Gasteiger partial charge on any atom is 0.0713 e. The zero-order valence-electron chi connectivity index (χ0n) is 86.3. The zero-order valence-corrected chi connectivity index (χ0v) is 86.3. The topological polar surface area (TPSA) is 0 Å². The van der Waals surface area contributed by atoms with Gasteiger partial charge in [-0.2, -0.15) is 0 Å². The molecule has 7 aliphatic rings. The van der Waals surface area contributed by atoms with Crippen LogP contribution in [0, 0.1) is 96.9 Å². The van der Waals surface area contributed by atoms with Crippen molar-refractivity contribution in [3.05, 3.63) is 554 Å². The first-order valence-corrected chi connectivity index (χ1v) is 50.3. The highest BCUT2D eigenvalue weighted by Crippen LogP contribution is 2.62. The lowest BCUT2D eigenvalue weighted by Crippen LogP contribution is -2.28. The van der Waals surface area contributed by atoms with E-state index in [-0.39, 0.29) is 37.9 Å². The number of hydrogen-bond donors (Lipinski definition) is 0. The Bertz CT molecular complexity index is 7490. The first-order chi connectivity index (χ1) is 66.6. The third kappa shape index (κ3) is 15.4. The lowest BCUT2D eigenvalue weighted by atomic mass is 9.67. The molecule has 18 aromatic rings. The molecule has 139 heavy (non-hydrogen) atoms. The van der Waals surface area contributed by atoms with E-state index in [1.807, 2.05) is 0 Å². The molecule has 25 rings (SSSR count). The fourth-order valence-electron chi connectivity index (χ4n) is 26.1. The largest absolute Gasteiger partial charge is 0.0713 e. The first-order valence-electron chi connectivity index (χ1n) is 50.3. The SMILES string of the molecule is Cc1ccc(C)c2c1-c1ccccc1C2(C)C.Cc1ccc2c(c1)C(C)(C)c1cccc(C)c1-2.Cc1ccc2c(c1)C(c1ccccc1)(c1ccccc1)c1cc(C)ccc1-2.Cc1ccc2c(c1)C(c1ccccc1)(c1ccccc1)c1cccc(C)c1-2.Cc1cccc2c1-c1c(C)cccc1C2(C)C.Cc1cccc2c1-c1cccc(C)c1C2(C)C.Cc1cccc2c1C(C)(C)c1c(C)cccc1-2. The molecule has 0 nitrogen and oxygen atoms in total. The summed E-state index contributed by atoms with van der Waals surface area (Å²) in [7, 11) is 0. The first kappa shape index (κ1) is 94.0. The summed E-state index contributed by atoms with van der Waals surface area (Å²) in [6, 6.07) is 138. The molecule has 0 aliphatic heterocycles. The Morgan fingerprint density at radius 1 is 0.129 bits per heavy atom. The van der Waals surface area contributed by atoms with E-state index in [9.17, 15) is 0 Å². The van der Waals surface area contributed by atoms with Gasteiger partial charge in [-0.05, 0) is 331 Å². The molecule has 0 saturated heterocycles. The van der Waals surface area contributed by atoms with Crippen molar-refractivity contribution in [1.82, 2.24) is 0 Å². The molecule has 0 spiro atoms. The van der Waals surface area contributed by atoms with Gasteiger partial charge in [-0.1, -0.05) is 468 Å². The summed E-state index contributed by atoms with van der Waals surface area (Å²) in [6.07, 6.45) is 0. The quantitative estimate of drug-likeness (QED) is 0.165. The smallest absolute Gasteiger partial charge is 0.0622 e. The van der Waals surface area contributed by atoms with Crippen LogP contribution in [0.4, 0.5) is 0 Å². The van der Waals surface area contributed by atoms with Crippen LogP contribution in [-0.2, 0) is 37.9 Å². The van der Waals surface area contributed by atoms with Crippen molar-refractivity contribution in [1.29, 1.82) is 0 Å². The van der Waals surface area contributed by atoms with Crippen LogP contribution in [0.1, 0.15) is 247 Å². The van der Waals surface area contributed by atoms with Gasteiger partial charge in [-0.15, -0.1) is 0 Å². The van der Waals surface area contributed by atoms with Gasteiger partial charge in [0, 0.05) is 27.1 Å². The monoisotopic (exact) mass is 1800 g/mol. The molecule has 0 atom stereocenters. The van der Waals surface area contributed by atoms with E-state index in [2.05, 4.69) is 542 Å². The van der Waals surface area contributed by atoms with Crippen LogP contribution in [-0.4, -0.2) is 0 Å². The van der Waals surface area contributed by atoms with Crippen LogP contribution in [0.15, 0.2) is 376 Å². The van der Waals surface area contributed by atoms with Crippen LogP contribution in [0.3, 0.4) is 0 Å². The summed E-state index contributed by atoms with van der Waals surface area (Å²) in [5.74, 6) is 0. The van der Waals surface area contributed by atoms with Crippen LogP contribution >= 0.6 is 0 Å². The second-order valence-electron chi connectivity index (χ2n) is 43.3. The van der Waals surface area contributed by atoms with Crippen molar-refractivity contribution in [2.45, 2.75) is 204 Å². The van der Waals surface area contributed by atoms with Crippen molar-refractivity contribution in [2.75, 3.05) is 0 Å². The van der Waals surface area contributed by atoms with Gasteiger partial charge in [0.05, 0.1) is 10.8 Å². The lowest BCUT2D eigenvalue weighted by Gasteiger charge is -2.34. The molecular formula is C139H134. The number of rotatable bonds is 4. The molecule has 0 bridgehead atoms. The third-order valence-electron chi connectivity index (χ3n) is 32.3. The summed E-state index contributed by atoms with van der Waals surface area (Å²) >= 11 is 0. The van der Waals surface area contributed by atoms with Gasteiger partial charge >= 0.3 is 0 Å². The Labute approximate surface area is 830 Å². The minimum Gasteiger partial charge on any atom is -0.0622 e.